The molecule has 37 heavy (non-hydrogen) atoms. The molecule has 6 nitrogen and oxygen atoms in total. The highest BCUT2D eigenvalue weighted by Gasteiger charge is 2.49. The summed E-state index contributed by atoms with van der Waals surface area (Å²) >= 11 is 0. The molecule has 212 valence electrons. The Kier molecular flexibility index (Phi) is 11.2. The minimum atomic E-state index is -2.12. The Morgan fingerprint density at radius 1 is 0.919 bits per heavy atom. The van der Waals surface area contributed by atoms with Gasteiger partial charge in [0.05, 0.1) is 32.0 Å². The second-order valence-electron chi connectivity index (χ2n) is 12.5. The van der Waals surface area contributed by atoms with Gasteiger partial charge in [-0.05, 0) is 54.8 Å². The third kappa shape index (κ3) is 8.10. The number of fused-ring (bicyclic) bond motifs is 1. The van der Waals surface area contributed by atoms with Crippen LogP contribution in [0.15, 0.2) is 30.3 Å². The van der Waals surface area contributed by atoms with E-state index in [1.54, 1.807) is 0 Å². The molecule has 0 aromatic heterocycles. The van der Waals surface area contributed by atoms with Crippen LogP contribution < -0.4 is 0 Å². The molecular formula is C30H52O6Si. The van der Waals surface area contributed by atoms with Gasteiger partial charge in [-0.2, -0.15) is 0 Å². The van der Waals surface area contributed by atoms with Gasteiger partial charge >= 0.3 is 0 Å². The van der Waals surface area contributed by atoms with Crippen LogP contribution >= 0.6 is 0 Å². The first-order valence-electron chi connectivity index (χ1n) is 14.3. The Morgan fingerprint density at radius 3 is 2.19 bits per heavy atom. The van der Waals surface area contributed by atoms with Crippen LogP contribution in [0, 0.1) is 5.92 Å². The summed E-state index contributed by atoms with van der Waals surface area (Å²) in [6.45, 7) is 22.0. The number of hydrogen-bond acceptors (Lipinski definition) is 6. The van der Waals surface area contributed by atoms with Crippen LogP contribution in [0.2, 0.25) is 16.6 Å². The van der Waals surface area contributed by atoms with E-state index in [4.69, 9.17) is 28.1 Å². The monoisotopic (exact) mass is 536 g/mol. The fraction of sp³-hybridized carbons (Fsp3) is 0.800. The van der Waals surface area contributed by atoms with Crippen molar-refractivity contribution < 1.29 is 28.1 Å². The fourth-order valence-corrected chi connectivity index (χ4v) is 12.0. The lowest BCUT2D eigenvalue weighted by atomic mass is 9.90. The van der Waals surface area contributed by atoms with Gasteiger partial charge in [0, 0.05) is 0 Å². The molecule has 1 aromatic rings. The van der Waals surface area contributed by atoms with E-state index in [9.17, 15) is 0 Å². The summed E-state index contributed by atoms with van der Waals surface area (Å²) in [6, 6.07) is 10.2. The van der Waals surface area contributed by atoms with E-state index in [0.717, 1.165) is 18.4 Å². The Bertz CT molecular complexity index is 777. The van der Waals surface area contributed by atoms with Crippen molar-refractivity contribution in [3.8, 4) is 0 Å². The minimum absolute atomic E-state index is 0.00108. The summed E-state index contributed by atoms with van der Waals surface area (Å²) in [7, 11) is -2.12. The van der Waals surface area contributed by atoms with E-state index in [-0.39, 0.29) is 31.2 Å². The molecule has 2 aliphatic rings. The molecular weight excluding hydrogens is 484 g/mol. The highest BCUT2D eigenvalue weighted by atomic mass is 28.4. The summed E-state index contributed by atoms with van der Waals surface area (Å²) in [5.74, 6) is -0.156. The molecule has 0 aliphatic carbocycles. The van der Waals surface area contributed by atoms with Gasteiger partial charge in [0.25, 0.3) is 0 Å². The minimum Gasteiger partial charge on any atom is -0.410 e. The summed E-state index contributed by atoms with van der Waals surface area (Å²) in [5, 5.41) is 0. The normalized spacial score (nSPS) is 28.8. The standard InChI is InChI=1S/C30H52O6Si/c1-21(2)37(22(3)4,23(5)6)36-27-16-24(7)15-26-29(19-33-30(8,9)35-26)34-28(27)18-32-20-31-17-25-13-11-10-12-14-25/h10-14,21-24,26-29H,15-20H2,1-9H3/t24-,26+,27-,28+,29-/m0/s1. The molecule has 0 saturated carbocycles. The van der Waals surface area contributed by atoms with E-state index < -0.39 is 14.1 Å². The van der Waals surface area contributed by atoms with E-state index in [2.05, 4.69) is 60.6 Å². The van der Waals surface area contributed by atoms with Gasteiger partial charge in [-0.15, -0.1) is 0 Å². The molecule has 1 aromatic carbocycles. The largest absolute Gasteiger partial charge is 0.410 e. The Morgan fingerprint density at radius 2 is 1.57 bits per heavy atom. The second kappa shape index (κ2) is 13.5. The SMILES string of the molecule is CC(C)[Si](O[C@H]1C[C@@H](C)C[C@H]2OC(C)(C)OC[C@@H]2O[C@@H]1COCOCc1ccccc1)(C(C)C)C(C)C. The average molecular weight is 537 g/mol. The van der Waals surface area contributed by atoms with Crippen LogP contribution in [-0.2, 0) is 34.7 Å². The number of benzene rings is 1. The van der Waals surface area contributed by atoms with Crippen LogP contribution in [0.3, 0.4) is 0 Å². The van der Waals surface area contributed by atoms with Crippen LogP contribution in [0.1, 0.15) is 80.7 Å². The van der Waals surface area contributed by atoms with Crippen LogP contribution in [0.5, 0.6) is 0 Å². The first-order chi connectivity index (χ1) is 17.4. The molecule has 0 amide bonds. The molecule has 2 fully saturated rings. The first-order valence-corrected chi connectivity index (χ1v) is 16.4. The van der Waals surface area contributed by atoms with E-state index in [1.807, 2.05) is 32.0 Å². The maximum absolute atomic E-state index is 7.34. The van der Waals surface area contributed by atoms with Crippen molar-refractivity contribution in [3.63, 3.8) is 0 Å². The third-order valence-corrected chi connectivity index (χ3v) is 14.2. The Labute approximate surface area is 226 Å². The topological polar surface area (TPSA) is 55.4 Å². The zero-order valence-electron chi connectivity index (χ0n) is 24.7. The molecule has 2 aliphatic heterocycles. The van der Waals surface area contributed by atoms with Crippen molar-refractivity contribution in [2.24, 2.45) is 5.92 Å². The first kappa shape index (κ1) is 30.7. The molecule has 0 bridgehead atoms. The number of ether oxygens (including phenoxy) is 5. The zero-order valence-corrected chi connectivity index (χ0v) is 25.7. The van der Waals surface area contributed by atoms with Crippen molar-refractivity contribution in [2.45, 2.75) is 129 Å². The maximum Gasteiger partial charge on any atom is 0.200 e. The van der Waals surface area contributed by atoms with Crippen LogP contribution in [0.4, 0.5) is 0 Å². The summed E-state index contributed by atoms with van der Waals surface area (Å²) in [4.78, 5) is 0. The van der Waals surface area contributed by atoms with Crippen LogP contribution in [0.25, 0.3) is 0 Å². The maximum atomic E-state index is 7.34. The summed E-state index contributed by atoms with van der Waals surface area (Å²) in [5.41, 5.74) is 2.63. The van der Waals surface area contributed by atoms with Crippen molar-refractivity contribution in [1.29, 1.82) is 0 Å². The fourth-order valence-electron chi connectivity index (χ4n) is 6.44. The van der Waals surface area contributed by atoms with Crippen molar-refractivity contribution in [2.75, 3.05) is 20.0 Å². The predicted octanol–water partition coefficient (Wildman–Crippen LogP) is 7.07. The predicted molar refractivity (Wildman–Crippen MR) is 150 cm³/mol. The van der Waals surface area contributed by atoms with E-state index in [0.29, 0.717) is 42.4 Å². The summed E-state index contributed by atoms with van der Waals surface area (Å²) < 4.78 is 38.3. The lowest BCUT2D eigenvalue weighted by Gasteiger charge is -2.49. The molecule has 0 N–H and O–H groups in total. The molecule has 5 atom stereocenters. The van der Waals surface area contributed by atoms with Gasteiger partial charge in [0.2, 0.25) is 8.32 Å². The van der Waals surface area contributed by atoms with Crippen molar-refractivity contribution in [1.82, 2.24) is 0 Å². The zero-order chi connectivity index (χ0) is 27.2. The molecule has 0 unspecified atom stereocenters. The molecule has 7 heteroatoms. The highest BCUT2D eigenvalue weighted by Crippen LogP contribution is 2.45. The third-order valence-electron chi connectivity index (χ3n) is 8.10. The molecule has 2 heterocycles. The van der Waals surface area contributed by atoms with Crippen molar-refractivity contribution in [3.05, 3.63) is 35.9 Å². The number of hydrogen-bond donors (Lipinski definition) is 0. The molecule has 3 rings (SSSR count). The smallest absolute Gasteiger partial charge is 0.200 e. The van der Waals surface area contributed by atoms with Gasteiger partial charge in [0.1, 0.15) is 19.0 Å². The van der Waals surface area contributed by atoms with Gasteiger partial charge in [-0.3, -0.25) is 0 Å². The summed E-state index contributed by atoms with van der Waals surface area (Å²) in [6.07, 6.45) is 1.46. The quantitative estimate of drug-likeness (QED) is 0.171. The Hall–Kier alpha value is -0.803. The van der Waals surface area contributed by atoms with E-state index >= 15 is 0 Å². The number of rotatable bonds is 11. The average Bonchev–Trinajstić information content (AvgIpc) is 2.81. The molecule has 0 spiro atoms. The van der Waals surface area contributed by atoms with Crippen LogP contribution in [-0.4, -0.2) is 58.5 Å². The van der Waals surface area contributed by atoms with Gasteiger partial charge in [-0.1, -0.05) is 78.8 Å². The lowest BCUT2D eigenvalue weighted by Crippen LogP contribution is -2.58. The molecule has 2 saturated heterocycles. The van der Waals surface area contributed by atoms with Crippen molar-refractivity contribution >= 4 is 8.32 Å². The van der Waals surface area contributed by atoms with Gasteiger partial charge in [-0.25, -0.2) is 0 Å². The van der Waals surface area contributed by atoms with E-state index in [1.165, 1.54) is 0 Å². The second-order valence-corrected chi connectivity index (χ2v) is 17.9. The molecule has 0 radical (unpaired) electrons. The van der Waals surface area contributed by atoms with Gasteiger partial charge in [0.15, 0.2) is 5.79 Å². The lowest BCUT2D eigenvalue weighted by molar-refractivity contribution is -0.325. The van der Waals surface area contributed by atoms with Gasteiger partial charge < -0.3 is 28.1 Å². The Balaban J connectivity index is 1.76. The highest BCUT2D eigenvalue weighted by molar-refractivity contribution is 6.77.